The van der Waals surface area contributed by atoms with Crippen molar-refractivity contribution in [3.05, 3.63) is 23.0 Å². The van der Waals surface area contributed by atoms with Crippen molar-refractivity contribution in [1.29, 1.82) is 0 Å². The van der Waals surface area contributed by atoms with Crippen molar-refractivity contribution in [2.75, 3.05) is 7.11 Å². The molecule has 1 aromatic heterocycles. The molecule has 88 valence electrons. The molecule has 8 heteroatoms. The highest BCUT2D eigenvalue weighted by Gasteiger charge is 2.34. The fraction of sp³-hybridized carbons (Fsp3) is 0.250. The van der Waals surface area contributed by atoms with Crippen LogP contribution < -0.4 is 4.74 Å². The highest BCUT2D eigenvalue weighted by atomic mass is 35.5. The predicted molar refractivity (Wildman–Crippen MR) is 47.3 cm³/mol. The highest BCUT2D eigenvalue weighted by Crippen LogP contribution is 2.29. The van der Waals surface area contributed by atoms with E-state index in [1.807, 2.05) is 0 Å². The number of ether oxygens (including phenoxy) is 2. The molecule has 1 rings (SSSR count). The number of carbonyl (C=O) groups excluding carboxylic acids is 1. The molecule has 0 spiro atoms. The standard InChI is InChI=1S/C8H5ClF3NO3/c1-15-7(14)5-4(16-8(10,11)12)2-3-13-6(5)9/h2-3H,1H3. The molecule has 0 fully saturated rings. The number of hydrogen-bond acceptors (Lipinski definition) is 4. The van der Waals surface area contributed by atoms with Crippen LogP contribution in [-0.4, -0.2) is 24.4 Å². The van der Waals surface area contributed by atoms with Crippen molar-refractivity contribution in [3.63, 3.8) is 0 Å². The second-order valence-electron chi connectivity index (χ2n) is 2.51. The normalized spacial score (nSPS) is 11.1. The molecule has 0 unspecified atom stereocenters. The lowest BCUT2D eigenvalue weighted by molar-refractivity contribution is -0.274. The molecular weight excluding hydrogens is 251 g/mol. The first kappa shape index (κ1) is 12.6. The topological polar surface area (TPSA) is 48.4 Å². The van der Waals surface area contributed by atoms with Crippen LogP contribution in [0.2, 0.25) is 5.15 Å². The quantitative estimate of drug-likeness (QED) is 0.601. The Bertz CT molecular complexity index is 408. The van der Waals surface area contributed by atoms with E-state index in [2.05, 4.69) is 14.5 Å². The average molecular weight is 256 g/mol. The second-order valence-corrected chi connectivity index (χ2v) is 2.87. The van der Waals surface area contributed by atoms with Crippen LogP contribution in [0, 0.1) is 0 Å². The number of rotatable bonds is 2. The summed E-state index contributed by atoms with van der Waals surface area (Å²) in [6, 6.07) is 0.867. The number of aromatic nitrogens is 1. The number of halogens is 4. The minimum atomic E-state index is -4.92. The van der Waals surface area contributed by atoms with Gasteiger partial charge in [-0.2, -0.15) is 0 Å². The molecule has 0 atom stereocenters. The molecular formula is C8H5ClF3NO3. The van der Waals surface area contributed by atoms with Gasteiger partial charge in [0.1, 0.15) is 16.5 Å². The van der Waals surface area contributed by atoms with E-state index in [0.717, 1.165) is 19.4 Å². The van der Waals surface area contributed by atoms with Gasteiger partial charge < -0.3 is 9.47 Å². The van der Waals surface area contributed by atoms with Gasteiger partial charge in [-0.15, -0.1) is 13.2 Å². The largest absolute Gasteiger partial charge is 0.573 e. The SMILES string of the molecule is COC(=O)c1c(OC(F)(F)F)ccnc1Cl. The summed E-state index contributed by atoms with van der Waals surface area (Å²) in [6.45, 7) is 0. The van der Waals surface area contributed by atoms with E-state index in [0.29, 0.717) is 0 Å². The summed E-state index contributed by atoms with van der Waals surface area (Å²) in [5.41, 5.74) is -0.566. The zero-order valence-electron chi connectivity index (χ0n) is 7.84. The van der Waals surface area contributed by atoms with Gasteiger partial charge in [0.05, 0.1) is 7.11 Å². The van der Waals surface area contributed by atoms with Crippen LogP contribution in [0.3, 0.4) is 0 Å². The van der Waals surface area contributed by atoms with Gasteiger partial charge >= 0.3 is 12.3 Å². The maximum atomic E-state index is 12.0. The molecule has 0 aliphatic carbocycles. The van der Waals surface area contributed by atoms with E-state index in [4.69, 9.17) is 11.6 Å². The van der Waals surface area contributed by atoms with Crippen molar-refractivity contribution >= 4 is 17.6 Å². The summed E-state index contributed by atoms with van der Waals surface area (Å²) in [5, 5.41) is -0.423. The van der Waals surface area contributed by atoms with Gasteiger partial charge in [0.2, 0.25) is 0 Å². The first-order chi connectivity index (χ1) is 7.35. The Morgan fingerprint density at radius 3 is 2.62 bits per heavy atom. The molecule has 0 N–H and O–H groups in total. The van der Waals surface area contributed by atoms with Crippen molar-refractivity contribution < 1.29 is 27.4 Å². The van der Waals surface area contributed by atoms with Gasteiger partial charge in [-0.1, -0.05) is 11.6 Å². The van der Waals surface area contributed by atoms with Crippen LogP contribution in [0.4, 0.5) is 13.2 Å². The molecule has 1 heterocycles. The fourth-order valence-corrected chi connectivity index (χ4v) is 1.14. The van der Waals surface area contributed by atoms with E-state index < -0.39 is 28.8 Å². The van der Waals surface area contributed by atoms with Gasteiger partial charge in [0.15, 0.2) is 0 Å². The lowest BCUT2D eigenvalue weighted by Gasteiger charge is -2.12. The Morgan fingerprint density at radius 1 is 1.50 bits per heavy atom. The Balaban J connectivity index is 3.18. The van der Waals surface area contributed by atoms with Crippen molar-refractivity contribution in [2.45, 2.75) is 6.36 Å². The third-order valence-electron chi connectivity index (χ3n) is 1.48. The molecule has 0 saturated carbocycles. The minimum Gasteiger partial charge on any atom is -0.465 e. The third-order valence-corrected chi connectivity index (χ3v) is 1.77. The maximum absolute atomic E-state index is 12.0. The molecule has 1 aromatic rings. The monoisotopic (exact) mass is 255 g/mol. The van der Waals surface area contributed by atoms with Gasteiger partial charge in [-0.25, -0.2) is 9.78 Å². The Hall–Kier alpha value is -1.50. The van der Waals surface area contributed by atoms with E-state index in [1.165, 1.54) is 0 Å². The number of pyridine rings is 1. The van der Waals surface area contributed by atoms with Crippen LogP contribution in [0.25, 0.3) is 0 Å². The summed E-state index contributed by atoms with van der Waals surface area (Å²) < 4.78 is 43.8. The zero-order chi connectivity index (χ0) is 12.3. The Labute approximate surface area is 92.9 Å². The van der Waals surface area contributed by atoms with Crippen LogP contribution in [0.5, 0.6) is 5.75 Å². The lowest BCUT2D eigenvalue weighted by atomic mass is 10.2. The van der Waals surface area contributed by atoms with Gasteiger partial charge in [-0.3, -0.25) is 0 Å². The molecule has 16 heavy (non-hydrogen) atoms. The van der Waals surface area contributed by atoms with E-state index in [-0.39, 0.29) is 0 Å². The summed E-state index contributed by atoms with van der Waals surface area (Å²) in [4.78, 5) is 14.6. The number of nitrogens with zero attached hydrogens (tertiary/aromatic N) is 1. The molecule has 0 amide bonds. The first-order valence-corrected chi connectivity index (χ1v) is 4.21. The maximum Gasteiger partial charge on any atom is 0.573 e. The van der Waals surface area contributed by atoms with E-state index in [9.17, 15) is 18.0 Å². The molecule has 0 aliphatic heterocycles. The van der Waals surface area contributed by atoms with Crippen LogP contribution in [0.1, 0.15) is 10.4 Å². The van der Waals surface area contributed by atoms with Gasteiger partial charge in [0.25, 0.3) is 0 Å². The number of carbonyl (C=O) groups is 1. The van der Waals surface area contributed by atoms with Gasteiger partial charge in [0, 0.05) is 6.20 Å². The summed E-state index contributed by atoms with van der Waals surface area (Å²) in [5.74, 6) is -1.81. The van der Waals surface area contributed by atoms with Crippen LogP contribution in [-0.2, 0) is 4.74 Å². The van der Waals surface area contributed by atoms with E-state index >= 15 is 0 Å². The smallest absolute Gasteiger partial charge is 0.465 e. The van der Waals surface area contributed by atoms with Crippen molar-refractivity contribution in [2.24, 2.45) is 0 Å². The molecule has 0 saturated heterocycles. The Kier molecular flexibility index (Phi) is 3.58. The fourth-order valence-electron chi connectivity index (χ4n) is 0.917. The molecule has 0 aromatic carbocycles. The van der Waals surface area contributed by atoms with Crippen molar-refractivity contribution in [1.82, 2.24) is 4.98 Å². The minimum absolute atomic E-state index is 0.423. The molecule has 4 nitrogen and oxygen atoms in total. The van der Waals surface area contributed by atoms with Crippen molar-refractivity contribution in [3.8, 4) is 5.75 Å². The highest BCUT2D eigenvalue weighted by molar-refractivity contribution is 6.32. The van der Waals surface area contributed by atoms with Gasteiger partial charge in [-0.05, 0) is 6.07 Å². The molecule has 0 bridgehead atoms. The van der Waals surface area contributed by atoms with Crippen LogP contribution in [0.15, 0.2) is 12.3 Å². The third kappa shape index (κ3) is 2.99. The molecule has 0 radical (unpaired) electrons. The molecule has 0 aliphatic rings. The summed E-state index contributed by atoms with van der Waals surface area (Å²) >= 11 is 5.47. The Morgan fingerprint density at radius 2 is 2.12 bits per heavy atom. The predicted octanol–water partition coefficient (Wildman–Crippen LogP) is 2.42. The first-order valence-electron chi connectivity index (χ1n) is 3.83. The second kappa shape index (κ2) is 4.56. The van der Waals surface area contributed by atoms with E-state index in [1.54, 1.807) is 0 Å². The summed E-state index contributed by atoms with van der Waals surface area (Å²) in [7, 11) is 1.00. The zero-order valence-corrected chi connectivity index (χ0v) is 8.59. The summed E-state index contributed by atoms with van der Waals surface area (Å²) in [6.07, 6.45) is -3.94. The number of hydrogen-bond donors (Lipinski definition) is 0. The number of alkyl halides is 3. The average Bonchev–Trinajstić information content (AvgIpc) is 2.14. The number of methoxy groups -OCH3 is 1. The van der Waals surface area contributed by atoms with Crippen LogP contribution >= 0.6 is 11.6 Å². The number of esters is 1. The lowest BCUT2D eigenvalue weighted by Crippen LogP contribution is -2.19.